The van der Waals surface area contributed by atoms with Crippen molar-refractivity contribution in [1.82, 2.24) is 0 Å². The van der Waals surface area contributed by atoms with Gasteiger partial charge in [-0.1, -0.05) is 44.2 Å². The molecule has 3 rings (SSSR count). The van der Waals surface area contributed by atoms with Crippen molar-refractivity contribution < 1.29 is 9.47 Å². The lowest BCUT2D eigenvalue weighted by Gasteiger charge is -2.27. The van der Waals surface area contributed by atoms with Gasteiger partial charge in [-0.15, -0.1) is 0 Å². The Morgan fingerprint density at radius 3 is 2.23 bits per heavy atom. The van der Waals surface area contributed by atoms with Crippen LogP contribution in [-0.4, -0.2) is 19.3 Å². The molecule has 2 aromatic carbocycles. The summed E-state index contributed by atoms with van der Waals surface area (Å²) in [5.74, 6) is 0.836. The van der Waals surface area contributed by atoms with Crippen LogP contribution in [0.1, 0.15) is 25.0 Å². The average molecular weight is 426 g/mol. The first kappa shape index (κ1) is 16.0. The quantitative estimate of drug-likeness (QED) is 0.605. The van der Waals surface area contributed by atoms with Gasteiger partial charge >= 0.3 is 0 Å². The lowest BCUT2D eigenvalue weighted by Crippen LogP contribution is -2.19. The van der Waals surface area contributed by atoms with Gasteiger partial charge in [0, 0.05) is 5.41 Å². The molecule has 0 N–H and O–H groups in total. The van der Waals surface area contributed by atoms with Gasteiger partial charge in [-0.05, 0) is 55.1 Å². The summed E-state index contributed by atoms with van der Waals surface area (Å²) in [4.78, 5) is 0. The molecular formula is C18H18Br2O2. The number of hydrogen-bond acceptors (Lipinski definition) is 2. The van der Waals surface area contributed by atoms with E-state index in [2.05, 4.69) is 82.1 Å². The van der Waals surface area contributed by atoms with Crippen molar-refractivity contribution in [3.8, 4) is 5.75 Å². The molecule has 0 saturated carbocycles. The fourth-order valence-electron chi connectivity index (χ4n) is 2.42. The maximum atomic E-state index is 5.85. The Bertz CT molecular complexity index is 641. The molecule has 1 aliphatic heterocycles. The molecule has 116 valence electrons. The first-order chi connectivity index (χ1) is 10.5. The van der Waals surface area contributed by atoms with Gasteiger partial charge in [0.15, 0.2) is 0 Å². The summed E-state index contributed by atoms with van der Waals surface area (Å²) < 4.78 is 13.0. The van der Waals surface area contributed by atoms with Crippen LogP contribution in [0.2, 0.25) is 0 Å². The van der Waals surface area contributed by atoms with Crippen molar-refractivity contribution in [1.29, 1.82) is 0 Å². The average Bonchev–Trinajstić information content (AvgIpc) is 3.31. The van der Waals surface area contributed by atoms with Crippen LogP contribution in [0, 0.1) is 0 Å². The highest BCUT2D eigenvalue weighted by molar-refractivity contribution is 9.11. The van der Waals surface area contributed by atoms with E-state index in [1.54, 1.807) is 0 Å². The van der Waals surface area contributed by atoms with Gasteiger partial charge in [-0.25, -0.2) is 0 Å². The number of halogens is 2. The molecule has 1 aliphatic rings. The largest absolute Gasteiger partial charge is 0.488 e. The van der Waals surface area contributed by atoms with E-state index in [0.29, 0.717) is 6.61 Å². The van der Waals surface area contributed by atoms with E-state index in [0.717, 1.165) is 21.3 Å². The monoisotopic (exact) mass is 424 g/mol. The minimum atomic E-state index is -0.0789. The summed E-state index contributed by atoms with van der Waals surface area (Å²) in [7, 11) is 0. The van der Waals surface area contributed by atoms with E-state index >= 15 is 0 Å². The molecule has 2 aromatic rings. The number of benzene rings is 2. The van der Waals surface area contributed by atoms with Crippen molar-refractivity contribution >= 4 is 31.9 Å². The van der Waals surface area contributed by atoms with Crippen LogP contribution in [0.15, 0.2) is 51.4 Å². The molecular weight excluding hydrogens is 408 g/mol. The second-order valence-corrected chi connectivity index (χ2v) is 7.74. The highest BCUT2D eigenvalue weighted by Gasteiger charge is 2.27. The standard InChI is InChI=1S/C18H18Br2O2/c1-18(2,12-6-4-3-5-7-12)13-8-15(19)17(16(20)9-13)22-11-14-10-21-14/h3-9,14H,10-11H2,1-2H3. The molecule has 1 unspecified atom stereocenters. The summed E-state index contributed by atoms with van der Waals surface area (Å²) >= 11 is 7.28. The minimum Gasteiger partial charge on any atom is -0.488 e. The van der Waals surface area contributed by atoms with Gasteiger partial charge in [0.2, 0.25) is 0 Å². The Labute approximate surface area is 148 Å². The molecule has 0 aliphatic carbocycles. The predicted octanol–water partition coefficient (Wildman–Crippen LogP) is 5.32. The Hall–Kier alpha value is -0.840. The van der Waals surface area contributed by atoms with Crippen LogP contribution in [0.5, 0.6) is 5.75 Å². The Morgan fingerprint density at radius 1 is 1.09 bits per heavy atom. The van der Waals surface area contributed by atoms with E-state index in [4.69, 9.17) is 9.47 Å². The van der Waals surface area contributed by atoms with Crippen LogP contribution >= 0.6 is 31.9 Å². The van der Waals surface area contributed by atoms with Crippen LogP contribution < -0.4 is 4.74 Å². The molecule has 1 saturated heterocycles. The molecule has 0 aromatic heterocycles. The van der Waals surface area contributed by atoms with Crippen molar-refractivity contribution in [3.05, 3.63) is 62.5 Å². The molecule has 0 radical (unpaired) electrons. The molecule has 0 spiro atoms. The number of rotatable bonds is 5. The van der Waals surface area contributed by atoms with Crippen LogP contribution in [-0.2, 0) is 10.2 Å². The van der Waals surface area contributed by atoms with Gasteiger partial charge in [0.1, 0.15) is 18.5 Å². The van der Waals surface area contributed by atoms with E-state index in [9.17, 15) is 0 Å². The molecule has 2 nitrogen and oxygen atoms in total. The number of epoxide rings is 1. The fourth-order valence-corrected chi connectivity index (χ4v) is 3.84. The zero-order chi connectivity index (χ0) is 15.7. The summed E-state index contributed by atoms with van der Waals surface area (Å²) in [6, 6.07) is 14.8. The molecule has 1 heterocycles. The van der Waals surface area contributed by atoms with Gasteiger partial charge in [-0.3, -0.25) is 0 Å². The molecule has 22 heavy (non-hydrogen) atoms. The second-order valence-electron chi connectivity index (χ2n) is 6.03. The van der Waals surface area contributed by atoms with Crippen molar-refractivity contribution in [3.63, 3.8) is 0 Å². The molecule has 0 amide bonds. The van der Waals surface area contributed by atoms with Gasteiger partial charge in [0.05, 0.1) is 15.6 Å². The van der Waals surface area contributed by atoms with Gasteiger partial charge < -0.3 is 9.47 Å². The molecule has 1 atom stereocenters. The SMILES string of the molecule is CC(C)(c1ccccc1)c1cc(Br)c(OCC2CO2)c(Br)c1. The normalized spacial score (nSPS) is 17.4. The maximum absolute atomic E-state index is 5.85. The summed E-state index contributed by atoms with van der Waals surface area (Å²) in [5.41, 5.74) is 2.44. The van der Waals surface area contributed by atoms with E-state index in [-0.39, 0.29) is 11.5 Å². The number of ether oxygens (including phenoxy) is 2. The topological polar surface area (TPSA) is 21.8 Å². The molecule has 0 bridgehead atoms. The third-order valence-electron chi connectivity index (χ3n) is 4.03. The maximum Gasteiger partial charge on any atom is 0.147 e. The smallest absolute Gasteiger partial charge is 0.147 e. The van der Waals surface area contributed by atoms with Crippen molar-refractivity contribution in [2.24, 2.45) is 0 Å². The first-order valence-corrected chi connectivity index (χ1v) is 8.86. The lowest BCUT2D eigenvalue weighted by atomic mass is 9.78. The molecule has 1 fully saturated rings. The lowest BCUT2D eigenvalue weighted by molar-refractivity contribution is 0.260. The Balaban J connectivity index is 1.91. The van der Waals surface area contributed by atoms with Crippen LogP contribution in [0.3, 0.4) is 0 Å². The Kier molecular flexibility index (Phi) is 4.62. The van der Waals surface area contributed by atoms with Crippen molar-refractivity contribution in [2.75, 3.05) is 13.2 Å². The van der Waals surface area contributed by atoms with Crippen molar-refractivity contribution in [2.45, 2.75) is 25.4 Å². The highest BCUT2D eigenvalue weighted by atomic mass is 79.9. The van der Waals surface area contributed by atoms with E-state index < -0.39 is 0 Å². The molecule has 4 heteroatoms. The summed E-state index contributed by atoms with van der Waals surface area (Å²) in [6.07, 6.45) is 0.249. The summed E-state index contributed by atoms with van der Waals surface area (Å²) in [6.45, 7) is 5.86. The van der Waals surface area contributed by atoms with Crippen LogP contribution in [0.4, 0.5) is 0 Å². The third-order valence-corrected chi connectivity index (χ3v) is 5.21. The van der Waals surface area contributed by atoms with Crippen LogP contribution in [0.25, 0.3) is 0 Å². The minimum absolute atomic E-state index is 0.0789. The van der Waals surface area contributed by atoms with E-state index in [1.165, 1.54) is 11.1 Å². The first-order valence-electron chi connectivity index (χ1n) is 7.28. The zero-order valence-electron chi connectivity index (χ0n) is 12.6. The fraction of sp³-hybridized carbons (Fsp3) is 0.333. The van der Waals surface area contributed by atoms with Gasteiger partial charge in [0.25, 0.3) is 0 Å². The van der Waals surface area contributed by atoms with Gasteiger partial charge in [-0.2, -0.15) is 0 Å². The third kappa shape index (κ3) is 3.39. The highest BCUT2D eigenvalue weighted by Crippen LogP contribution is 2.40. The second kappa shape index (κ2) is 6.34. The predicted molar refractivity (Wildman–Crippen MR) is 95.6 cm³/mol. The summed E-state index contributed by atoms with van der Waals surface area (Å²) in [5, 5.41) is 0. The zero-order valence-corrected chi connectivity index (χ0v) is 15.8. The number of hydrogen-bond donors (Lipinski definition) is 0. The Morgan fingerprint density at radius 2 is 1.68 bits per heavy atom. The van der Waals surface area contributed by atoms with E-state index in [1.807, 2.05) is 6.07 Å².